The number of fused-ring (bicyclic) bond motifs is 1. The summed E-state index contributed by atoms with van der Waals surface area (Å²) in [7, 11) is 0. The number of benzene rings is 3. The number of hydrogen-bond acceptors (Lipinski definition) is 2. The van der Waals surface area contributed by atoms with Gasteiger partial charge < -0.3 is 4.74 Å². The van der Waals surface area contributed by atoms with Crippen molar-refractivity contribution in [1.82, 2.24) is 4.98 Å². The van der Waals surface area contributed by atoms with E-state index in [4.69, 9.17) is 9.72 Å². The summed E-state index contributed by atoms with van der Waals surface area (Å²) < 4.78 is 5.93. The molecule has 1 aromatic heterocycles. The van der Waals surface area contributed by atoms with Crippen molar-refractivity contribution in [3.8, 4) is 29.0 Å². The van der Waals surface area contributed by atoms with Crippen molar-refractivity contribution in [2.24, 2.45) is 0 Å². The van der Waals surface area contributed by atoms with Crippen LogP contribution in [0.4, 0.5) is 0 Å². The zero-order valence-corrected chi connectivity index (χ0v) is 16.9. The summed E-state index contributed by atoms with van der Waals surface area (Å²) in [5, 5.41) is 2.36. The minimum absolute atomic E-state index is 0.292. The predicted octanol–water partition coefficient (Wildman–Crippen LogP) is 6.48. The first-order chi connectivity index (χ1) is 14.0. The summed E-state index contributed by atoms with van der Waals surface area (Å²) in [5.74, 6) is 7.33. The number of ether oxygens (including phenoxy) is 1. The van der Waals surface area contributed by atoms with Gasteiger partial charge in [-0.15, -0.1) is 0 Å². The van der Waals surface area contributed by atoms with Gasteiger partial charge in [-0.25, -0.2) is 4.98 Å². The number of pyridine rings is 1. The molecule has 0 saturated carbocycles. The maximum atomic E-state index is 5.93. The first-order valence-corrected chi connectivity index (χ1v) is 9.75. The molecule has 2 heteroatoms. The van der Waals surface area contributed by atoms with Gasteiger partial charge in [-0.3, -0.25) is 0 Å². The van der Waals surface area contributed by atoms with Gasteiger partial charge in [0.05, 0.1) is 5.69 Å². The van der Waals surface area contributed by atoms with Crippen molar-refractivity contribution in [3.63, 3.8) is 0 Å². The van der Waals surface area contributed by atoms with Crippen molar-refractivity contribution >= 4 is 10.8 Å². The molecule has 3 aromatic carbocycles. The quantitative estimate of drug-likeness (QED) is 0.373. The van der Waals surface area contributed by atoms with Crippen LogP contribution in [0.5, 0.6) is 5.88 Å². The molecule has 0 atom stereocenters. The van der Waals surface area contributed by atoms with E-state index in [0.717, 1.165) is 22.4 Å². The summed E-state index contributed by atoms with van der Waals surface area (Å²) in [5.41, 5.74) is 3.53. The summed E-state index contributed by atoms with van der Waals surface area (Å²) in [6.45, 7) is 6.06. The molecule has 4 rings (SSSR count). The van der Waals surface area contributed by atoms with Crippen LogP contribution >= 0.6 is 0 Å². The van der Waals surface area contributed by atoms with E-state index in [0.29, 0.717) is 5.88 Å². The van der Waals surface area contributed by atoms with Gasteiger partial charge >= 0.3 is 0 Å². The topological polar surface area (TPSA) is 22.1 Å². The fraction of sp³-hybridized carbons (Fsp3) is 0.148. The molecule has 0 aliphatic heterocycles. The maximum absolute atomic E-state index is 5.93. The van der Waals surface area contributed by atoms with Crippen LogP contribution in [-0.4, -0.2) is 10.6 Å². The number of aromatic nitrogens is 1. The average molecular weight is 377 g/mol. The van der Waals surface area contributed by atoms with Gasteiger partial charge in [0.15, 0.2) is 0 Å². The van der Waals surface area contributed by atoms with Crippen LogP contribution in [0.15, 0.2) is 84.9 Å². The highest BCUT2D eigenvalue weighted by molar-refractivity contribution is 5.88. The smallest absolute Gasteiger partial charge is 0.214 e. The Bertz CT molecular complexity index is 1220. The summed E-state index contributed by atoms with van der Waals surface area (Å²) in [6.07, 6.45) is 0. The summed E-state index contributed by atoms with van der Waals surface area (Å²) in [4.78, 5) is 4.70. The summed E-state index contributed by atoms with van der Waals surface area (Å²) in [6, 6.07) is 28.5. The normalized spacial score (nSPS) is 11.0. The van der Waals surface area contributed by atoms with Crippen molar-refractivity contribution in [3.05, 3.63) is 96.1 Å². The van der Waals surface area contributed by atoms with E-state index in [2.05, 4.69) is 42.2 Å². The molecule has 0 fully saturated rings. The highest BCUT2D eigenvalue weighted by Crippen LogP contribution is 2.25. The first-order valence-electron chi connectivity index (χ1n) is 9.75. The summed E-state index contributed by atoms with van der Waals surface area (Å²) >= 11 is 0. The zero-order chi connectivity index (χ0) is 20.3. The van der Waals surface area contributed by atoms with Gasteiger partial charge in [0.2, 0.25) is 5.88 Å². The number of nitrogens with zero attached hydrogens (tertiary/aromatic N) is 1. The third-order valence-electron chi connectivity index (χ3n) is 4.46. The van der Waals surface area contributed by atoms with Gasteiger partial charge in [-0.05, 0) is 49.7 Å². The third kappa shape index (κ3) is 4.47. The molecule has 0 radical (unpaired) electrons. The molecule has 2 nitrogen and oxygen atoms in total. The van der Waals surface area contributed by atoms with Gasteiger partial charge in [-0.2, -0.15) is 0 Å². The van der Waals surface area contributed by atoms with Crippen molar-refractivity contribution in [1.29, 1.82) is 0 Å². The van der Waals surface area contributed by atoms with Crippen LogP contribution in [0.1, 0.15) is 31.9 Å². The van der Waals surface area contributed by atoms with Crippen molar-refractivity contribution in [2.45, 2.75) is 26.4 Å². The Morgan fingerprint density at radius 3 is 2.21 bits per heavy atom. The van der Waals surface area contributed by atoms with Crippen LogP contribution in [0, 0.1) is 11.8 Å². The molecular weight excluding hydrogens is 354 g/mol. The second kappa shape index (κ2) is 7.81. The van der Waals surface area contributed by atoms with Crippen molar-refractivity contribution in [2.75, 3.05) is 0 Å². The molecule has 0 bridgehead atoms. The van der Waals surface area contributed by atoms with Gasteiger partial charge in [-0.1, -0.05) is 72.5 Å². The van der Waals surface area contributed by atoms with Crippen LogP contribution in [0.25, 0.3) is 22.0 Å². The van der Waals surface area contributed by atoms with E-state index >= 15 is 0 Å². The molecular formula is C27H23NO. The number of hydrogen-bond donors (Lipinski definition) is 0. The second-order valence-corrected chi connectivity index (χ2v) is 7.90. The van der Waals surface area contributed by atoms with Crippen molar-refractivity contribution < 1.29 is 4.74 Å². The Balaban J connectivity index is 1.74. The molecule has 0 aliphatic rings. The van der Waals surface area contributed by atoms with Gasteiger partial charge in [0, 0.05) is 22.8 Å². The number of rotatable bonds is 2. The molecule has 0 N–H and O–H groups in total. The zero-order valence-electron chi connectivity index (χ0n) is 16.9. The van der Waals surface area contributed by atoms with Crippen LogP contribution in [0.2, 0.25) is 0 Å². The average Bonchev–Trinajstić information content (AvgIpc) is 2.71. The van der Waals surface area contributed by atoms with Crippen LogP contribution in [0.3, 0.4) is 0 Å². The Labute approximate surface area is 172 Å². The minimum Gasteiger partial charge on any atom is -0.472 e. The lowest BCUT2D eigenvalue weighted by Gasteiger charge is -2.20. The second-order valence-electron chi connectivity index (χ2n) is 7.90. The monoisotopic (exact) mass is 377 g/mol. The lowest BCUT2D eigenvalue weighted by molar-refractivity contribution is 0.124. The Morgan fingerprint density at radius 2 is 1.34 bits per heavy atom. The van der Waals surface area contributed by atoms with E-state index in [-0.39, 0.29) is 5.60 Å². The van der Waals surface area contributed by atoms with E-state index in [1.807, 2.05) is 75.4 Å². The van der Waals surface area contributed by atoms with Crippen LogP contribution in [-0.2, 0) is 0 Å². The molecule has 0 saturated heterocycles. The predicted molar refractivity (Wildman–Crippen MR) is 120 cm³/mol. The Kier molecular flexibility index (Phi) is 5.06. The lowest BCUT2D eigenvalue weighted by atomic mass is 10.0. The molecule has 0 amide bonds. The largest absolute Gasteiger partial charge is 0.472 e. The van der Waals surface area contributed by atoms with Gasteiger partial charge in [0.1, 0.15) is 5.60 Å². The highest BCUT2D eigenvalue weighted by atomic mass is 16.5. The van der Waals surface area contributed by atoms with E-state index in [1.165, 1.54) is 10.8 Å². The fourth-order valence-electron chi connectivity index (χ4n) is 3.22. The van der Waals surface area contributed by atoms with Gasteiger partial charge in [0.25, 0.3) is 0 Å². The van der Waals surface area contributed by atoms with E-state index < -0.39 is 0 Å². The third-order valence-corrected chi connectivity index (χ3v) is 4.46. The first kappa shape index (κ1) is 18.8. The SMILES string of the molecule is CC(C)(C)Oc1cccc(-c2ccccc2C#Cc2cccc3ccccc23)n1. The molecule has 0 unspecified atom stereocenters. The molecule has 0 spiro atoms. The Hall–Kier alpha value is -3.57. The lowest BCUT2D eigenvalue weighted by Crippen LogP contribution is -2.23. The molecule has 142 valence electrons. The van der Waals surface area contributed by atoms with E-state index in [1.54, 1.807) is 0 Å². The fourth-order valence-corrected chi connectivity index (χ4v) is 3.22. The maximum Gasteiger partial charge on any atom is 0.214 e. The standard InChI is InChI=1S/C27H23NO/c1-27(2,3)29-26-17-9-16-25(28-26)24-15-7-5-11-22(24)19-18-21-13-8-12-20-10-4-6-14-23(20)21/h4-17H,1-3H3. The minimum atomic E-state index is -0.292. The highest BCUT2D eigenvalue weighted by Gasteiger charge is 2.13. The van der Waals surface area contributed by atoms with Crippen LogP contribution < -0.4 is 4.74 Å². The molecule has 0 aliphatic carbocycles. The molecule has 4 aromatic rings. The molecule has 29 heavy (non-hydrogen) atoms. The van der Waals surface area contributed by atoms with E-state index in [9.17, 15) is 0 Å². The molecule has 1 heterocycles. The Morgan fingerprint density at radius 1 is 0.690 bits per heavy atom.